The molecule has 2 nitrogen and oxygen atoms in total. The second kappa shape index (κ2) is 4.61. The highest BCUT2D eigenvalue weighted by Gasteiger charge is 2.31. The summed E-state index contributed by atoms with van der Waals surface area (Å²) in [5.74, 6) is -0.454. The van der Waals surface area contributed by atoms with Gasteiger partial charge in [-0.25, -0.2) is 0 Å². The fraction of sp³-hybridized carbons (Fsp3) is 0.800. The molecule has 0 aromatic rings. The van der Waals surface area contributed by atoms with E-state index in [-0.39, 0.29) is 6.61 Å². The number of rotatable bonds is 2. The number of ether oxygens (including phenoxy) is 1. The average molecular weight is 240 g/mol. The Morgan fingerprint density at radius 1 is 1.55 bits per heavy atom. The molecule has 11 heavy (non-hydrogen) atoms. The summed E-state index contributed by atoms with van der Waals surface area (Å²) >= 11 is 21.7. The number of carbonyl (C=O) groups excluding carboxylic acids is 1. The first-order valence-electron chi connectivity index (χ1n) is 2.68. The van der Waals surface area contributed by atoms with Crippen LogP contribution in [0.4, 0.5) is 0 Å². The highest BCUT2D eigenvalue weighted by Crippen LogP contribution is 2.33. The third-order valence-corrected chi connectivity index (χ3v) is 2.37. The maximum atomic E-state index is 10.3. The number of carbonyl (C=O) groups is 1. The molecule has 0 aliphatic rings. The van der Waals surface area contributed by atoms with Crippen molar-refractivity contribution in [1.82, 2.24) is 0 Å². The molecule has 0 fully saturated rings. The standard InChI is InChI=1S/C5H6Cl4O2/c1-3(10)11-2-4(6)5(7,8)9/h4H,2H2,1H3. The zero-order valence-electron chi connectivity index (χ0n) is 5.61. The lowest BCUT2D eigenvalue weighted by Gasteiger charge is -2.16. The Balaban J connectivity index is 3.70. The number of hydrogen-bond donors (Lipinski definition) is 0. The van der Waals surface area contributed by atoms with Crippen molar-refractivity contribution in [3.63, 3.8) is 0 Å². The van der Waals surface area contributed by atoms with Crippen molar-refractivity contribution in [2.24, 2.45) is 0 Å². The minimum atomic E-state index is -1.60. The van der Waals surface area contributed by atoms with Gasteiger partial charge in [0.2, 0.25) is 3.79 Å². The van der Waals surface area contributed by atoms with Gasteiger partial charge in [-0.2, -0.15) is 0 Å². The van der Waals surface area contributed by atoms with E-state index in [1.165, 1.54) is 6.92 Å². The van der Waals surface area contributed by atoms with Crippen molar-refractivity contribution < 1.29 is 9.53 Å². The Morgan fingerprint density at radius 3 is 2.27 bits per heavy atom. The third-order valence-electron chi connectivity index (χ3n) is 0.788. The Labute approximate surface area is 84.7 Å². The van der Waals surface area contributed by atoms with E-state index in [1.54, 1.807) is 0 Å². The normalized spacial score (nSPS) is 14.3. The van der Waals surface area contributed by atoms with Crippen LogP contribution in [0.25, 0.3) is 0 Å². The highest BCUT2D eigenvalue weighted by atomic mass is 35.6. The molecule has 0 amide bonds. The van der Waals surface area contributed by atoms with Gasteiger partial charge in [0.05, 0.1) is 0 Å². The molecule has 0 rings (SSSR count). The van der Waals surface area contributed by atoms with E-state index >= 15 is 0 Å². The van der Waals surface area contributed by atoms with Crippen LogP contribution in [0.2, 0.25) is 0 Å². The van der Waals surface area contributed by atoms with Gasteiger partial charge >= 0.3 is 5.97 Å². The molecule has 0 spiro atoms. The molecule has 6 heteroatoms. The van der Waals surface area contributed by atoms with E-state index < -0.39 is 15.1 Å². The second-order valence-electron chi connectivity index (χ2n) is 1.81. The van der Waals surface area contributed by atoms with E-state index in [0.717, 1.165) is 0 Å². The molecule has 1 atom stereocenters. The number of halogens is 4. The van der Waals surface area contributed by atoms with Gasteiger partial charge in [0.1, 0.15) is 12.0 Å². The maximum absolute atomic E-state index is 10.3. The summed E-state index contributed by atoms with van der Waals surface area (Å²) in [4.78, 5) is 10.3. The second-order valence-corrected chi connectivity index (χ2v) is 4.71. The molecule has 0 aliphatic heterocycles. The number of alkyl halides is 4. The molecule has 0 heterocycles. The topological polar surface area (TPSA) is 26.3 Å². The molecule has 0 bridgehead atoms. The minimum absolute atomic E-state index is 0.104. The van der Waals surface area contributed by atoms with E-state index in [2.05, 4.69) is 4.74 Å². The largest absolute Gasteiger partial charge is 0.464 e. The van der Waals surface area contributed by atoms with Crippen LogP contribution in [0.3, 0.4) is 0 Å². The van der Waals surface area contributed by atoms with Gasteiger partial charge in [0.15, 0.2) is 0 Å². The lowest BCUT2D eigenvalue weighted by Crippen LogP contribution is -2.25. The van der Waals surface area contributed by atoms with Gasteiger partial charge in [-0.1, -0.05) is 34.8 Å². The molecule has 0 aromatic carbocycles. The molecule has 0 aromatic heterocycles. The predicted octanol–water partition coefficient (Wildman–Crippen LogP) is 2.53. The molecule has 0 saturated heterocycles. The van der Waals surface area contributed by atoms with Gasteiger partial charge < -0.3 is 4.74 Å². The Morgan fingerprint density at radius 2 is 2.00 bits per heavy atom. The summed E-state index contributed by atoms with van der Waals surface area (Å²) < 4.78 is 2.91. The fourth-order valence-corrected chi connectivity index (χ4v) is 0.537. The Bertz CT molecular complexity index is 142. The van der Waals surface area contributed by atoms with Crippen LogP contribution < -0.4 is 0 Å². The van der Waals surface area contributed by atoms with Gasteiger partial charge in [-0.15, -0.1) is 11.6 Å². The SMILES string of the molecule is CC(=O)OCC(Cl)C(Cl)(Cl)Cl. The van der Waals surface area contributed by atoms with Crippen molar-refractivity contribution in [1.29, 1.82) is 0 Å². The molecule has 0 aliphatic carbocycles. The third kappa shape index (κ3) is 5.85. The van der Waals surface area contributed by atoms with Crippen molar-refractivity contribution in [3.05, 3.63) is 0 Å². The lowest BCUT2D eigenvalue weighted by atomic mass is 10.5. The molecule has 66 valence electrons. The Hall–Kier alpha value is 0.630. The van der Waals surface area contributed by atoms with Crippen molar-refractivity contribution in [2.45, 2.75) is 16.1 Å². The van der Waals surface area contributed by atoms with E-state index in [0.29, 0.717) is 0 Å². The number of hydrogen-bond acceptors (Lipinski definition) is 2. The summed E-state index contributed by atoms with van der Waals surface area (Å²) in [5.41, 5.74) is 0. The molecule has 1 unspecified atom stereocenters. The van der Waals surface area contributed by atoms with Crippen LogP contribution in [-0.2, 0) is 9.53 Å². The molecule has 0 radical (unpaired) electrons. The van der Waals surface area contributed by atoms with Gasteiger partial charge in [0, 0.05) is 6.92 Å². The quantitative estimate of drug-likeness (QED) is 0.547. The zero-order valence-corrected chi connectivity index (χ0v) is 8.64. The first-order valence-corrected chi connectivity index (χ1v) is 4.25. The smallest absolute Gasteiger partial charge is 0.302 e. The summed E-state index contributed by atoms with van der Waals surface area (Å²) in [5, 5.41) is -0.823. The van der Waals surface area contributed by atoms with Crippen molar-refractivity contribution >= 4 is 52.4 Å². The van der Waals surface area contributed by atoms with Crippen LogP contribution in [0, 0.1) is 0 Å². The first-order chi connectivity index (χ1) is 4.84. The average Bonchev–Trinajstić information content (AvgIpc) is 1.80. The predicted molar refractivity (Wildman–Crippen MR) is 46.6 cm³/mol. The Kier molecular flexibility index (Phi) is 4.87. The van der Waals surface area contributed by atoms with Gasteiger partial charge in [-0.3, -0.25) is 4.79 Å². The van der Waals surface area contributed by atoms with E-state index in [4.69, 9.17) is 46.4 Å². The van der Waals surface area contributed by atoms with Crippen molar-refractivity contribution in [3.8, 4) is 0 Å². The summed E-state index contributed by atoms with van der Waals surface area (Å²) in [6.45, 7) is 1.15. The van der Waals surface area contributed by atoms with Gasteiger partial charge in [-0.05, 0) is 0 Å². The fourth-order valence-electron chi connectivity index (χ4n) is 0.285. The summed E-state index contributed by atoms with van der Waals surface area (Å²) in [7, 11) is 0. The molecular weight excluding hydrogens is 234 g/mol. The minimum Gasteiger partial charge on any atom is -0.464 e. The van der Waals surface area contributed by atoms with Crippen LogP contribution in [0.5, 0.6) is 0 Å². The van der Waals surface area contributed by atoms with Gasteiger partial charge in [0.25, 0.3) is 0 Å². The van der Waals surface area contributed by atoms with Crippen molar-refractivity contribution in [2.75, 3.05) is 6.61 Å². The first kappa shape index (κ1) is 11.6. The highest BCUT2D eigenvalue weighted by molar-refractivity contribution is 6.70. The van der Waals surface area contributed by atoms with E-state index in [9.17, 15) is 4.79 Å². The zero-order chi connectivity index (χ0) is 9.07. The molecular formula is C5H6Cl4O2. The summed E-state index contributed by atoms with van der Waals surface area (Å²) in [6.07, 6.45) is 0. The van der Waals surface area contributed by atoms with E-state index in [1.807, 2.05) is 0 Å². The lowest BCUT2D eigenvalue weighted by molar-refractivity contribution is -0.140. The number of esters is 1. The van der Waals surface area contributed by atoms with Crippen LogP contribution in [-0.4, -0.2) is 21.7 Å². The monoisotopic (exact) mass is 238 g/mol. The van der Waals surface area contributed by atoms with Crippen LogP contribution in [0.1, 0.15) is 6.92 Å². The van der Waals surface area contributed by atoms with Crippen LogP contribution in [0.15, 0.2) is 0 Å². The molecule has 0 N–H and O–H groups in total. The summed E-state index contributed by atoms with van der Waals surface area (Å²) in [6, 6.07) is 0. The van der Waals surface area contributed by atoms with Crippen LogP contribution >= 0.6 is 46.4 Å². The maximum Gasteiger partial charge on any atom is 0.302 e. The molecule has 0 saturated carbocycles.